The van der Waals surface area contributed by atoms with Crippen LogP contribution in [0.2, 0.25) is 0 Å². The smallest absolute Gasteiger partial charge is 0.258 e. The maximum atomic E-state index is 12.1. The molecule has 1 aromatic heterocycles. The van der Waals surface area contributed by atoms with Crippen molar-refractivity contribution in [3.63, 3.8) is 0 Å². The minimum Gasteiger partial charge on any atom is -0.385 e. The Morgan fingerprint density at radius 2 is 2.26 bits per heavy atom. The van der Waals surface area contributed by atoms with Crippen molar-refractivity contribution in [3.8, 4) is 0 Å². The first-order valence-corrected chi connectivity index (χ1v) is 7.73. The Balaban J connectivity index is 1.72. The number of nitrogens with zero attached hydrogens (tertiary/aromatic N) is 2. The van der Waals surface area contributed by atoms with Crippen LogP contribution in [0, 0.1) is 0 Å². The summed E-state index contributed by atoms with van der Waals surface area (Å²) in [4.78, 5) is 21.3. The molecular formula is C16H22N4O3. The van der Waals surface area contributed by atoms with Crippen LogP contribution in [0.5, 0.6) is 0 Å². The number of nitrogens with one attached hydrogen (secondary N) is 2. The predicted octanol–water partition coefficient (Wildman–Crippen LogP) is -0.294. The molecule has 7 heteroatoms. The molecule has 0 radical (unpaired) electrons. The minimum absolute atomic E-state index is 0.142. The summed E-state index contributed by atoms with van der Waals surface area (Å²) in [5.74, 6) is 0.585. The summed E-state index contributed by atoms with van der Waals surface area (Å²) in [6.07, 6.45) is 0. The van der Waals surface area contributed by atoms with Crippen LogP contribution in [0.15, 0.2) is 29.1 Å². The van der Waals surface area contributed by atoms with E-state index >= 15 is 0 Å². The highest BCUT2D eigenvalue weighted by atomic mass is 16.5. The van der Waals surface area contributed by atoms with Gasteiger partial charge in [-0.15, -0.1) is 0 Å². The summed E-state index contributed by atoms with van der Waals surface area (Å²) in [6, 6.07) is 7.26. The third kappa shape index (κ3) is 3.94. The van der Waals surface area contributed by atoms with Crippen molar-refractivity contribution in [2.75, 3.05) is 39.9 Å². The van der Waals surface area contributed by atoms with Gasteiger partial charge >= 0.3 is 0 Å². The Morgan fingerprint density at radius 3 is 3.13 bits per heavy atom. The van der Waals surface area contributed by atoms with Gasteiger partial charge in [0.1, 0.15) is 11.4 Å². The fourth-order valence-electron chi connectivity index (χ4n) is 2.90. The third-order valence-corrected chi connectivity index (χ3v) is 3.89. The molecule has 2 aromatic rings. The van der Waals surface area contributed by atoms with Gasteiger partial charge in [0.05, 0.1) is 30.7 Å². The molecule has 124 valence electrons. The number of aliphatic hydroxyl groups is 1. The molecule has 1 saturated heterocycles. The van der Waals surface area contributed by atoms with Crippen molar-refractivity contribution in [1.82, 2.24) is 20.2 Å². The minimum atomic E-state index is -0.942. The molecule has 3 N–H and O–H groups in total. The van der Waals surface area contributed by atoms with Gasteiger partial charge in [0.25, 0.3) is 5.56 Å². The van der Waals surface area contributed by atoms with E-state index in [9.17, 15) is 9.90 Å². The Kier molecular flexibility index (Phi) is 4.72. The Labute approximate surface area is 134 Å². The van der Waals surface area contributed by atoms with Gasteiger partial charge in [-0.25, -0.2) is 4.98 Å². The number of ether oxygens (including phenoxy) is 1. The summed E-state index contributed by atoms with van der Waals surface area (Å²) in [6.45, 7) is 3.00. The standard InChI is InChI=1S/C16H22N4O3/c1-20(10-16(22)9-17-6-7-23-11-16)8-14-18-13-5-3-2-4-12(13)15(21)19-14/h2-5,17,22H,6-11H2,1H3,(H,18,19,21)/t16-/m1/s1. The SMILES string of the molecule is CN(Cc1nc2ccccc2c(=O)[nH]1)C[C@]1(O)CNCCOC1. The number of hydrogen-bond acceptors (Lipinski definition) is 6. The summed E-state index contributed by atoms with van der Waals surface area (Å²) >= 11 is 0. The lowest BCUT2D eigenvalue weighted by Gasteiger charge is -2.30. The van der Waals surface area contributed by atoms with Crippen molar-refractivity contribution in [3.05, 3.63) is 40.4 Å². The second-order valence-electron chi connectivity index (χ2n) is 6.16. The van der Waals surface area contributed by atoms with Crippen molar-refractivity contribution in [2.24, 2.45) is 0 Å². The Morgan fingerprint density at radius 1 is 1.43 bits per heavy atom. The second kappa shape index (κ2) is 6.76. The van der Waals surface area contributed by atoms with Crippen LogP contribution < -0.4 is 10.9 Å². The molecule has 0 unspecified atom stereocenters. The molecular weight excluding hydrogens is 296 g/mol. The molecule has 1 aliphatic rings. The van der Waals surface area contributed by atoms with E-state index in [1.807, 2.05) is 30.1 Å². The van der Waals surface area contributed by atoms with Crippen LogP contribution in [0.25, 0.3) is 10.9 Å². The lowest BCUT2D eigenvalue weighted by molar-refractivity contribution is -0.0464. The number of hydrogen-bond donors (Lipinski definition) is 3. The normalized spacial score (nSPS) is 22.4. The first-order chi connectivity index (χ1) is 11.1. The van der Waals surface area contributed by atoms with E-state index in [0.717, 1.165) is 6.54 Å². The monoisotopic (exact) mass is 318 g/mol. The molecule has 0 spiro atoms. The molecule has 0 saturated carbocycles. The van der Waals surface area contributed by atoms with E-state index in [4.69, 9.17) is 4.74 Å². The first-order valence-electron chi connectivity index (χ1n) is 7.73. The molecule has 0 amide bonds. The van der Waals surface area contributed by atoms with Crippen molar-refractivity contribution < 1.29 is 9.84 Å². The molecule has 1 atom stereocenters. The van der Waals surface area contributed by atoms with E-state index in [2.05, 4.69) is 15.3 Å². The summed E-state index contributed by atoms with van der Waals surface area (Å²) in [5, 5.41) is 14.4. The number of aromatic nitrogens is 2. The molecule has 0 aliphatic carbocycles. The zero-order valence-corrected chi connectivity index (χ0v) is 13.2. The topological polar surface area (TPSA) is 90.5 Å². The van der Waals surface area contributed by atoms with E-state index < -0.39 is 5.60 Å². The lowest BCUT2D eigenvalue weighted by Crippen LogP contribution is -2.50. The zero-order chi connectivity index (χ0) is 16.3. The zero-order valence-electron chi connectivity index (χ0n) is 13.2. The average Bonchev–Trinajstić information content (AvgIpc) is 2.71. The molecule has 23 heavy (non-hydrogen) atoms. The van der Waals surface area contributed by atoms with E-state index in [0.29, 0.717) is 49.6 Å². The predicted molar refractivity (Wildman–Crippen MR) is 87.3 cm³/mol. The number of β-amino-alcohol motifs (C(OH)–C–C–N with tert-alkyl or cyclic N) is 1. The molecule has 0 bridgehead atoms. The number of fused-ring (bicyclic) bond motifs is 1. The molecule has 1 aromatic carbocycles. The lowest BCUT2D eigenvalue weighted by atomic mass is 10.1. The van der Waals surface area contributed by atoms with Gasteiger partial charge in [0, 0.05) is 19.6 Å². The van der Waals surface area contributed by atoms with Gasteiger partial charge < -0.3 is 20.1 Å². The number of H-pyrrole nitrogens is 1. The highest BCUT2D eigenvalue weighted by Gasteiger charge is 2.30. The first kappa shape index (κ1) is 16.1. The van der Waals surface area contributed by atoms with Crippen LogP contribution in [0.1, 0.15) is 5.82 Å². The largest absolute Gasteiger partial charge is 0.385 e. The highest BCUT2D eigenvalue weighted by Crippen LogP contribution is 2.11. The summed E-state index contributed by atoms with van der Waals surface area (Å²) < 4.78 is 5.43. The van der Waals surface area contributed by atoms with Gasteiger partial charge in [0.2, 0.25) is 0 Å². The van der Waals surface area contributed by atoms with Crippen LogP contribution >= 0.6 is 0 Å². The van der Waals surface area contributed by atoms with Crippen molar-refractivity contribution in [2.45, 2.75) is 12.1 Å². The van der Waals surface area contributed by atoms with Crippen LogP contribution in [0.3, 0.4) is 0 Å². The maximum absolute atomic E-state index is 12.1. The number of rotatable bonds is 4. The Bertz CT molecular complexity index is 723. The third-order valence-electron chi connectivity index (χ3n) is 3.89. The van der Waals surface area contributed by atoms with Gasteiger partial charge in [-0.3, -0.25) is 9.69 Å². The summed E-state index contributed by atoms with van der Waals surface area (Å²) in [7, 11) is 1.89. The van der Waals surface area contributed by atoms with Gasteiger partial charge in [0.15, 0.2) is 0 Å². The van der Waals surface area contributed by atoms with E-state index in [1.54, 1.807) is 6.07 Å². The molecule has 1 aliphatic heterocycles. The van der Waals surface area contributed by atoms with Crippen LogP contribution in [-0.4, -0.2) is 65.5 Å². The van der Waals surface area contributed by atoms with E-state index in [1.165, 1.54) is 0 Å². The number of para-hydroxylation sites is 1. The fourth-order valence-corrected chi connectivity index (χ4v) is 2.90. The maximum Gasteiger partial charge on any atom is 0.258 e. The van der Waals surface area contributed by atoms with Crippen molar-refractivity contribution in [1.29, 1.82) is 0 Å². The number of aromatic amines is 1. The van der Waals surface area contributed by atoms with Crippen LogP contribution in [-0.2, 0) is 11.3 Å². The second-order valence-corrected chi connectivity index (χ2v) is 6.16. The van der Waals surface area contributed by atoms with Crippen LogP contribution in [0.4, 0.5) is 0 Å². The van der Waals surface area contributed by atoms with E-state index in [-0.39, 0.29) is 5.56 Å². The Hall–Kier alpha value is -1.80. The van der Waals surface area contributed by atoms with Gasteiger partial charge in [-0.1, -0.05) is 12.1 Å². The van der Waals surface area contributed by atoms with Crippen molar-refractivity contribution >= 4 is 10.9 Å². The molecule has 2 heterocycles. The van der Waals surface area contributed by atoms with Gasteiger partial charge in [-0.05, 0) is 19.2 Å². The summed E-state index contributed by atoms with van der Waals surface area (Å²) in [5.41, 5.74) is -0.405. The molecule has 1 fully saturated rings. The average molecular weight is 318 g/mol. The molecule has 7 nitrogen and oxygen atoms in total. The molecule has 3 rings (SSSR count). The van der Waals surface area contributed by atoms with Gasteiger partial charge in [-0.2, -0.15) is 0 Å². The quantitative estimate of drug-likeness (QED) is 0.717. The highest BCUT2D eigenvalue weighted by molar-refractivity contribution is 5.77. The number of likely N-dealkylation sites (N-methyl/N-ethyl adjacent to an activating group) is 1. The fraction of sp³-hybridized carbons (Fsp3) is 0.500. The number of benzene rings is 1.